The molecule has 0 spiro atoms. The van der Waals surface area contributed by atoms with Gasteiger partial charge >= 0.3 is 0 Å². The number of nitrogens with zero attached hydrogens (tertiary/aromatic N) is 4. The molecular weight excluding hydrogens is 360 g/mol. The molecule has 0 atom stereocenters. The average Bonchev–Trinajstić information content (AvgIpc) is 3.01. The second-order valence-electron chi connectivity index (χ2n) is 7.90. The average molecular weight is 399 g/mol. The van der Waals surface area contributed by atoms with Gasteiger partial charge in [0.15, 0.2) is 5.96 Å². The predicted octanol–water partition coefficient (Wildman–Crippen LogP) is 3.49. The number of benzene rings is 1. The van der Waals surface area contributed by atoms with E-state index in [1.54, 1.807) is 0 Å². The maximum absolute atomic E-state index is 4.82. The quantitative estimate of drug-likeness (QED) is 0.365. The predicted molar refractivity (Wildman–Crippen MR) is 122 cm³/mol. The number of rotatable bonds is 10. The van der Waals surface area contributed by atoms with Crippen LogP contribution in [0.4, 0.5) is 0 Å². The highest BCUT2D eigenvalue weighted by Crippen LogP contribution is 2.13. The van der Waals surface area contributed by atoms with E-state index in [1.807, 2.05) is 6.92 Å². The highest BCUT2D eigenvalue weighted by molar-refractivity contribution is 5.79. The number of aryl methyl sites for hydroxylation is 3. The standard InChI is InChI=1S/C23H38N6/c1-7-24-23(25-13-10-14-29-20(5)15-19(4)27-29)26-16-21-11-8-9-12-22(21)17-28(6)18(2)3/h8-9,11-12,15,18H,7,10,13-14,16-17H2,1-6H3,(H2,24,25,26). The fourth-order valence-electron chi connectivity index (χ4n) is 3.16. The Morgan fingerprint density at radius 2 is 1.90 bits per heavy atom. The van der Waals surface area contributed by atoms with Gasteiger partial charge in [0.1, 0.15) is 0 Å². The highest BCUT2D eigenvalue weighted by Gasteiger charge is 2.08. The fraction of sp³-hybridized carbons (Fsp3) is 0.565. The first-order valence-corrected chi connectivity index (χ1v) is 10.7. The molecule has 1 heterocycles. The topological polar surface area (TPSA) is 57.5 Å². The molecule has 1 aromatic carbocycles. The summed E-state index contributed by atoms with van der Waals surface area (Å²) in [6.45, 7) is 14.9. The molecule has 0 aliphatic heterocycles. The van der Waals surface area contributed by atoms with Gasteiger partial charge in [0, 0.05) is 37.9 Å². The Morgan fingerprint density at radius 1 is 1.17 bits per heavy atom. The van der Waals surface area contributed by atoms with E-state index in [2.05, 4.69) is 90.4 Å². The largest absolute Gasteiger partial charge is 0.357 e. The van der Waals surface area contributed by atoms with Crippen molar-refractivity contribution in [1.29, 1.82) is 0 Å². The van der Waals surface area contributed by atoms with Crippen LogP contribution in [0, 0.1) is 13.8 Å². The molecule has 0 bridgehead atoms. The zero-order chi connectivity index (χ0) is 21.2. The van der Waals surface area contributed by atoms with E-state index in [4.69, 9.17) is 4.99 Å². The second kappa shape index (κ2) is 11.6. The van der Waals surface area contributed by atoms with Crippen molar-refractivity contribution in [3.8, 4) is 0 Å². The lowest BCUT2D eigenvalue weighted by Crippen LogP contribution is -2.38. The van der Waals surface area contributed by atoms with Crippen LogP contribution in [0.25, 0.3) is 0 Å². The van der Waals surface area contributed by atoms with Crippen molar-refractivity contribution in [2.75, 3.05) is 20.1 Å². The van der Waals surface area contributed by atoms with Crippen molar-refractivity contribution < 1.29 is 0 Å². The van der Waals surface area contributed by atoms with Gasteiger partial charge in [-0.3, -0.25) is 9.58 Å². The Labute approximate surface area is 176 Å². The summed E-state index contributed by atoms with van der Waals surface area (Å²) < 4.78 is 2.07. The molecule has 0 aliphatic carbocycles. The summed E-state index contributed by atoms with van der Waals surface area (Å²) in [5, 5.41) is 11.3. The molecule has 0 fully saturated rings. The molecule has 0 unspecified atom stereocenters. The molecule has 1 aromatic heterocycles. The Morgan fingerprint density at radius 3 is 2.52 bits per heavy atom. The van der Waals surface area contributed by atoms with Crippen LogP contribution in [0.3, 0.4) is 0 Å². The molecule has 0 saturated heterocycles. The van der Waals surface area contributed by atoms with E-state index in [-0.39, 0.29) is 0 Å². The van der Waals surface area contributed by atoms with E-state index in [0.29, 0.717) is 12.6 Å². The van der Waals surface area contributed by atoms with Crippen LogP contribution in [0.1, 0.15) is 49.7 Å². The molecule has 0 amide bonds. The van der Waals surface area contributed by atoms with Crippen molar-refractivity contribution >= 4 is 5.96 Å². The van der Waals surface area contributed by atoms with Gasteiger partial charge in [0.25, 0.3) is 0 Å². The number of hydrogen-bond acceptors (Lipinski definition) is 3. The molecule has 2 aromatic rings. The van der Waals surface area contributed by atoms with E-state index >= 15 is 0 Å². The van der Waals surface area contributed by atoms with Crippen molar-refractivity contribution in [3.63, 3.8) is 0 Å². The van der Waals surface area contributed by atoms with Crippen LogP contribution in [0.15, 0.2) is 35.3 Å². The van der Waals surface area contributed by atoms with Crippen molar-refractivity contribution in [2.45, 2.75) is 66.7 Å². The lowest BCUT2D eigenvalue weighted by Gasteiger charge is -2.22. The van der Waals surface area contributed by atoms with E-state index in [0.717, 1.165) is 44.3 Å². The first-order valence-electron chi connectivity index (χ1n) is 10.7. The van der Waals surface area contributed by atoms with Crippen molar-refractivity contribution in [3.05, 3.63) is 52.8 Å². The van der Waals surface area contributed by atoms with Crippen LogP contribution in [-0.4, -0.2) is 46.8 Å². The van der Waals surface area contributed by atoms with Crippen LogP contribution < -0.4 is 10.6 Å². The van der Waals surface area contributed by atoms with Gasteiger partial charge in [-0.1, -0.05) is 24.3 Å². The second-order valence-corrected chi connectivity index (χ2v) is 7.90. The van der Waals surface area contributed by atoms with Gasteiger partial charge in [0.2, 0.25) is 0 Å². The molecule has 0 aliphatic rings. The number of guanidine groups is 1. The fourth-order valence-corrected chi connectivity index (χ4v) is 3.16. The maximum Gasteiger partial charge on any atom is 0.191 e. The van der Waals surface area contributed by atoms with Gasteiger partial charge in [0.05, 0.1) is 12.2 Å². The third kappa shape index (κ3) is 7.54. The summed E-state index contributed by atoms with van der Waals surface area (Å²) in [7, 11) is 2.17. The third-order valence-corrected chi connectivity index (χ3v) is 5.11. The lowest BCUT2D eigenvalue weighted by molar-refractivity contribution is 0.265. The van der Waals surface area contributed by atoms with Gasteiger partial charge in [-0.05, 0) is 65.3 Å². The number of hydrogen-bond donors (Lipinski definition) is 2. The van der Waals surface area contributed by atoms with Crippen LogP contribution >= 0.6 is 0 Å². The molecule has 29 heavy (non-hydrogen) atoms. The zero-order valence-corrected chi connectivity index (χ0v) is 19.0. The summed E-state index contributed by atoms with van der Waals surface area (Å²) in [6, 6.07) is 11.2. The molecular formula is C23H38N6. The maximum atomic E-state index is 4.82. The molecule has 2 rings (SSSR count). The summed E-state index contributed by atoms with van der Waals surface area (Å²) in [5.74, 6) is 0.868. The molecule has 0 saturated carbocycles. The van der Waals surface area contributed by atoms with Gasteiger partial charge < -0.3 is 10.6 Å². The Kier molecular flexibility index (Phi) is 9.19. The lowest BCUT2D eigenvalue weighted by atomic mass is 10.1. The minimum absolute atomic E-state index is 0.521. The normalized spacial score (nSPS) is 12.1. The van der Waals surface area contributed by atoms with Crippen molar-refractivity contribution in [1.82, 2.24) is 25.3 Å². The summed E-state index contributed by atoms with van der Waals surface area (Å²) in [4.78, 5) is 7.17. The zero-order valence-electron chi connectivity index (χ0n) is 19.0. The molecule has 0 radical (unpaired) electrons. The van der Waals surface area contributed by atoms with E-state index in [9.17, 15) is 0 Å². The molecule has 2 N–H and O–H groups in total. The Hall–Kier alpha value is -2.34. The minimum Gasteiger partial charge on any atom is -0.357 e. The van der Waals surface area contributed by atoms with Gasteiger partial charge in [-0.15, -0.1) is 0 Å². The van der Waals surface area contributed by atoms with Crippen LogP contribution in [-0.2, 0) is 19.6 Å². The van der Waals surface area contributed by atoms with Crippen LogP contribution in [0.5, 0.6) is 0 Å². The van der Waals surface area contributed by atoms with Gasteiger partial charge in [-0.2, -0.15) is 5.10 Å². The van der Waals surface area contributed by atoms with Crippen molar-refractivity contribution in [2.24, 2.45) is 4.99 Å². The summed E-state index contributed by atoms with van der Waals surface area (Å²) >= 11 is 0. The number of aliphatic imine (C=N–C) groups is 1. The summed E-state index contributed by atoms with van der Waals surface area (Å²) in [6.07, 6.45) is 1.00. The first kappa shape index (κ1) is 22.9. The third-order valence-electron chi connectivity index (χ3n) is 5.11. The van der Waals surface area contributed by atoms with E-state index in [1.165, 1.54) is 16.8 Å². The first-order chi connectivity index (χ1) is 13.9. The molecule has 160 valence electrons. The Balaban J connectivity index is 1.92. The van der Waals surface area contributed by atoms with E-state index < -0.39 is 0 Å². The minimum atomic E-state index is 0.521. The monoisotopic (exact) mass is 398 g/mol. The van der Waals surface area contributed by atoms with Gasteiger partial charge in [-0.25, -0.2) is 4.99 Å². The summed E-state index contributed by atoms with van der Waals surface area (Å²) in [5.41, 5.74) is 4.91. The smallest absolute Gasteiger partial charge is 0.191 e. The highest BCUT2D eigenvalue weighted by atomic mass is 15.3. The number of aromatic nitrogens is 2. The van der Waals surface area contributed by atoms with Crippen LogP contribution in [0.2, 0.25) is 0 Å². The molecule has 6 nitrogen and oxygen atoms in total. The molecule has 6 heteroatoms. The Bertz CT molecular complexity index is 777. The number of nitrogens with one attached hydrogen (secondary N) is 2. The SMILES string of the molecule is CCNC(=NCc1ccccc1CN(C)C(C)C)NCCCn1nc(C)cc1C.